The second-order valence-corrected chi connectivity index (χ2v) is 6.53. The van der Waals surface area contributed by atoms with E-state index >= 15 is 0 Å². The molecule has 0 atom stereocenters. The Labute approximate surface area is 141 Å². The average molecular weight is 329 g/mol. The van der Waals surface area contributed by atoms with Gasteiger partial charge in [0, 0.05) is 32.4 Å². The van der Waals surface area contributed by atoms with Crippen molar-refractivity contribution < 1.29 is 0 Å². The van der Waals surface area contributed by atoms with E-state index in [0.29, 0.717) is 12.6 Å². The minimum atomic E-state index is 0.473. The summed E-state index contributed by atoms with van der Waals surface area (Å²) < 4.78 is 0. The predicted octanol–water partition coefficient (Wildman–Crippen LogP) is 2.48. The van der Waals surface area contributed by atoms with Crippen LogP contribution < -0.4 is 15.5 Å². The third-order valence-corrected chi connectivity index (χ3v) is 4.97. The number of nitrogens with zero attached hydrogens (tertiary/aromatic N) is 3. The Balaban J connectivity index is 1.45. The fourth-order valence-electron chi connectivity index (χ4n) is 2.76. The van der Waals surface area contributed by atoms with Crippen LogP contribution in [0.5, 0.6) is 0 Å². The number of pyridine rings is 1. The SMILES string of the molecule is CN=C(NCc1ccccn1)NC1CCN(c2cccs2)CC1. The van der Waals surface area contributed by atoms with Crippen LogP contribution in [0.1, 0.15) is 18.5 Å². The number of hydrogen-bond donors (Lipinski definition) is 2. The molecule has 0 bridgehead atoms. The van der Waals surface area contributed by atoms with E-state index in [9.17, 15) is 0 Å². The molecule has 1 saturated heterocycles. The van der Waals surface area contributed by atoms with Gasteiger partial charge in [-0.25, -0.2) is 0 Å². The molecule has 2 aromatic rings. The molecule has 0 saturated carbocycles. The Morgan fingerprint density at radius 1 is 1.30 bits per heavy atom. The summed E-state index contributed by atoms with van der Waals surface area (Å²) in [6.45, 7) is 2.87. The van der Waals surface area contributed by atoms with Gasteiger partial charge < -0.3 is 15.5 Å². The van der Waals surface area contributed by atoms with E-state index in [0.717, 1.165) is 37.6 Å². The highest BCUT2D eigenvalue weighted by atomic mass is 32.1. The zero-order valence-corrected chi connectivity index (χ0v) is 14.2. The lowest BCUT2D eigenvalue weighted by Crippen LogP contribution is -2.48. The van der Waals surface area contributed by atoms with Gasteiger partial charge in [-0.2, -0.15) is 0 Å². The van der Waals surface area contributed by atoms with Crippen LogP contribution >= 0.6 is 11.3 Å². The molecule has 0 spiro atoms. The van der Waals surface area contributed by atoms with Crippen molar-refractivity contribution in [2.75, 3.05) is 25.0 Å². The van der Waals surface area contributed by atoms with Crippen molar-refractivity contribution in [2.45, 2.75) is 25.4 Å². The third-order valence-electron chi connectivity index (χ3n) is 4.04. The van der Waals surface area contributed by atoms with E-state index in [2.05, 4.69) is 43.0 Å². The lowest BCUT2D eigenvalue weighted by molar-refractivity contribution is 0.462. The van der Waals surface area contributed by atoms with E-state index in [1.54, 1.807) is 0 Å². The van der Waals surface area contributed by atoms with Crippen molar-refractivity contribution in [3.8, 4) is 0 Å². The number of aromatic nitrogens is 1. The molecule has 1 aliphatic rings. The standard InChI is InChI=1S/C17H23N5S/c1-18-17(20-13-15-5-2-3-9-19-15)21-14-7-10-22(11-8-14)16-6-4-12-23-16/h2-6,9,12,14H,7-8,10-11,13H2,1H3,(H2,18,20,21). The van der Waals surface area contributed by atoms with E-state index < -0.39 is 0 Å². The third kappa shape index (κ3) is 4.45. The summed E-state index contributed by atoms with van der Waals surface area (Å²) in [6, 6.07) is 10.7. The highest BCUT2D eigenvalue weighted by Gasteiger charge is 2.20. The lowest BCUT2D eigenvalue weighted by Gasteiger charge is -2.33. The number of anilines is 1. The van der Waals surface area contributed by atoms with Crippen LogP contribution in [-0.2, 0) is 6.54 Å². The monoisotopic (exact) mass is 329 g/mol. The van der Waals surface area contributed by atoms with Gasteiger partial charge in [0.15, 0.2) is 5.96 Å². The Kier molecular flexibility index (Phi) is 5.47. The molecule has 2 aromatic heterocycles. The minimum absolute atomic E-state index is 0.473. The molecule has 5 nitrogen and oxygen atoms in total. The lowest BCUT2D eigenvalue weighted by atomic mass is 10.1. The average Bonchev–Trinajstić information content (AvgIpc) is 3.14. The number of thiophene rings is 1. The first-order chi connectivity index (χ1) is 11.3. The van der Waals surface area contributed by atoms with Crippen LogP contribution in [0.25, 0.3) is 0 Å². The Morgan fingerprint density at radius 3 is 2.83 bits per heavy atom. The summed E-state index contributed by atoms with van der Waals surface area (Å²) in [5, 5.41) is 10.4. The Hall–Kier alpha value is -2.08. The van der Waals surface area contributed by atoms with Gasteiger partial charge in [-0.1, -0.05) is 6.07 Å². The first-order valence-electron chi connectivity index (χ1n) is 8.00. The maximum atomic E-state index is 4.32. The molecule has 0 aliphatic carbocycles. The van der Waals surface area contributed by atoms with Gasteiger partial charge in [-0.15, -0.1) is 11.3 Å². The Morgan fingerprint density at radius 2 is 2.17 bits per heavy atom. The quantitative estimate of drug-likeness (QED) is 0.668. The number of hydrogen-bond acceptors (Lipinski definition) is 4. The zero-order valence-electron chi connectivity index (χ0n) is 13.4. The smallest absolute Gasteiger partial charge is 0.191 e. The maximum absolute atomic E-state index is 4.32. The fourth-order valence-corrected chi connectivity index (χ4v) is 3.54. The highest BCUT2D eigenvalue weighted by molar-refractivity contribution is 7.14. The molecule has 6 heteroatoms. The van der Waals surface area contributed by atoms with Crippen molar-refractivity contribution in [3.63, 3.8) is 0 Å². The maximum Gasteiger partial charge on any atom is 0.191 e. The van der Waals surface area contributed by atoms with Crippen LogP contribution in [0, 0.1) is 0 Å². The summed E-state index contributed by atoms with van der Waals surface area (Å²) in [6.07, 6.45) is 4.07. The molecule has 0 unspecified atom stereocenters. The molecule has 122 valence electrons. The topological polar surface area (TPSA) is 52.6 Å². The van der Waals surface area contributed by atoms with Gasteiger partial charge in [0.25, 0.3) is 0 Å². The first kappa shape index (κ1) is 15.8. The highest BCUT2D eigenvalue weighted by Crippen LogP contribution is 2.24. The molecule has 2 N–H and O–H groups in total. The number of piperidine rings is 1. The molecule has 1 fully saturated rings. The van der Waals surface area contributed by atoms with E-state index in [-0.39, 0.29) is 0 Å². The van der Waals surface area contributed by atoms with Crippen molar-refractivity contribution in [2.24, 2.45) is 4.99 Å². The molecule has 23 heavy (non-hydrogen) atoms. The summed E-state index contributed by atoms with van der Waals surface area (Å²) >= 11 is 1.82. The number of guanidine groups is 1. The zero-order chi connectivity index (χ0) is 15.9. The van der Waals surface area contributed by atoms with Gasteiger partial charge in [-0.3, -0.25) is 9.98 Å². The Bertz CT molecular complexity index is 603. The minimum Gasteiger partial charge on any atom is -0.363 e. The molecule has 0 aromatic carbocycles. The van der Waals surface area contributed by atoms with Gasteiger partial charge >= 0.3 is 0 Å². The fraction of sp³-hybridized carbons (Fsp3) is 0.412. The molecule has 3 heterocycles. The molecule has 0 radical (unpaired) electrons. The predicted molar refractivity (Wildman–Crippen MR) is 97.1 cm³/mol. The number of nitrogens with one attached hydrogen (secondary N) is 2. The molecule has 1 aliphatic heterocycles. The number of aliphatic imine (C=N–C) groups is 1. The van der Waals surface area contributed by atoms with Crippen LogP contribution in [-0.4, -0.2) is 37.1 Å². The second kappa shape index (κ2) is 7.97. The van der Waals surface area contributed by atoms with E-state index in [1.165, 1.54) is 5.00 Å². The van der Waals surface area contributed by atoms with Crippen LogP contribution in [0.4, 0.5) is 5.00 Å². The van der Waals surface area contributed by atoms with Crippen molar-refractivity contribution in [1.29, 1.82) is 0 Å². The van der Waals surface area contributed by atoms with Gasteiger partial charge in [0.05, 0.1) is 17.2 Å². The summed E-state index contributed by atoms with van der Waals surface area (Å²) in [5.74, 6) is 0.852. The van der Waals surface area contributed by atoms with Crippen LogP contribution in [0.15, 0.2) is 46.9 Å². The van der Waals surface area contributed by atoms with Crippen molar-refractivity contribution in [3.05, 3.63) is 47.6 Å². The van der Waals surface area contributed by atoms with Gasteiger partial charge in [0.2, 0.25) is 0 Å². The first-order valence-corrected chi connectivity index (χ1v) is 8.88. The van der Waals surface area contributed by atoms with Crippen LogP contribution in [0.2, 0.25) is 0 Å². The molecule has 0 amide bonds. The normalized spacial score (nSPS) is 16.4. The summed E-state index contributed by atoms with van der Waals surface area (Å²) in [5.41, 5.74) is 1.02. The van der Waals surface area contributed by atoms with E-state index in [1.807, 2.05) is 42.8 Å². The second-order valence-electron chi connectivity index (χ2n) is 5.60. The van der Waals surface area contributed by atoms with Crippen LogP contribution in [0.3, 0.4) is 0 Å². The van der Waals surface area contributed by atoms with E-state index in [4.69, 9.17) is 0 Å². The summed E-state index contributed by atoms with van der Waals surface area (Å²) in [7, 11) is 1.81. The number of rotatable bonds is 4. The molecular weight excluding hydrogens is 306 g/mol. The van der Waals surface area contributed by atoms with Gasteiger partial charge in [0.1, 0.15) is 0 Å². The summed E-state index contributed by atoms with van der Waals surface area (Å²) in [4.78, 5) is 11.1. The van der Waals surface area contributed by atoms with Gasteiger partial charge in [-0.05, 0) is 42.5 Å². The van der Waals surface area contributed by atoms with Crippen molar-refractivity contribution in [1.82, 2.24) is 15.6 Å². The molecule has 3 rings (SSSR count). The van der Waals surface area contributed by atoms with Crippen molar-refractivity contribution >= 4 is 22.3 Å². The largest absolute Gasteiger partial charge is 0.363 e. The molecular formula is C17H23N5S.